The number of benzene rings is 3. The molecule has 0 bridgehead atoms. The van der Waals surface area contributed by atoms with Crippen LogP contribution in [-0.2, 0) is 11.3 Å². The van der Waals surface area contributed by atoms with E-state index >= 15 is 0 Å². The van der Waals surface area contributed by atoms with Gasteiger partial charge in [-0.2, -0.15) is 4.68 Å². The summed E-state index contributed by atoms with van der Waals surface area (Å²) in [6, 6.07) is 24.1. The summed E-state index contributed by atoms with van der Waals surface area (Å²) in [5.74, 6) is 0.540. The highest BCUT2D eigenvalue weighted by molar-refractivity contribution is 5.98. The van der Waals surface area contributed by atoms with Gasteiger partial charge < -0.3 is 9.26 Å². The van der Waals surface area contributed by atoms with E-state index in [0.29, 0.717) is 22.7 Å². The fourth-order valence-corrected chi connectivity index (χ4v) is 3.15. The zero-order valence-electron chi connectivity index (χ0n) is 15.7. The van der Waals surface area contributed by atoms with Crippen LogP contribution in [0.5, 0.6) is 0 Å². The molecule has 5 aromatic rings. The summed E-state index contributed by atoms with van der Waals surface area (Å²) in [4.78, 5) is 12.6. The highest BCUT2D eigenvalue weighted by Gasteiger charge is 2.16. The lowest BCUT2D eigenvalue weighted by Crippen LogP contribution is -2.10. The first kappa shape index (κ1) is 17.7. The van der Waals surface area contributed by atoms with Crippen LogP contribution in [0.2, 0.25) is 0 Å². The molecule has 0 aliphatic rings. The molecule has 5 rings (SSSR count). The minimum absolute atomic E-state index is 0.0616. The van der Waals surface area contributed by atoms with Crippen LogP contribution >= 0.6 is 0 Å². The highest BCUT2D eigenvalue weighted by atomic mass is 16.5. The number of carbonyl (C=O) groups excluding carboxylic acids is 1. The van der Waals surface area contributed by atoms with E-state index in [-0.39, 0.29) is 6.61 Å². The molecule has 0 unspecified atom stereocenters. The second kappa shape index (κ2) is 7.59. The van der Waals surface area contributed by atoms with Crippen LogP contribution in [0.3, 0.4) is 0 Å². The lowest BCUT2D eigenvalue weighted by atomic mass is 10.1. The lowest BCUT2D eigenvalue weighted by molar-refractivity contribution is 0.0459. The van der Waals surface area contributed by atoms with Gasteiger partial charge in [-0.05, 0) is 40.8 Å². The number of nitrogens with zero attached hydrogens (tertiary/aromatic N) is 5. The van der Waals surface area contributed by atoms with Crippen LogP contribution < -0.4 is 0 Å². The van der Waals surface area contributed by atoms with Crippen molar-refractivity contribution in [1.29, 1.82) is 0 Å². The van der Waals surface area contributed by atoms with E-state index in [0.717, 1.165) is 16.6 Å². The molecule has 0 N–H and O–H groups in total. The van der Waals surface area contributed by atoms with Crippen molar-refractivity contribution >= 4 is 16.9 Å². The van der Waals surface area contributed by atoms with Crippen LogP contribution in [0.15, 0.2) is 83.4 Å². The second-order valence-corrected chi connectivity index (χ2v) is 6.53. The van der Waals surface area contributed by atoms with Crippen molar-refractivity contribution in [3.63, 3.8) is 0 Å². The van der Waals surface area contributed by atoms with Gasteiger partial charge in [0.2, 0.25) is 0 Å². The largest absolute Gasteiger partial charge is 0.454 e. The van der Waals surface area contributed by atoms with E-state index in [9.17, 15) is 4.79 Å². The molecule has 2 heterocycles. The van der Waals surface area contributed by atoms with Crippen molar-refractivity contribution < 1.29 is 14.1 Å². The van der Waals surface area contributed by atoms with Crippen molar-refractivity contribution in [3.8, 4) is 17.0 Å². The van der Waals surface area contributed by atoms with E-state index in [1.54, 1.807) is 18.2 Å². The predicted molar refractivity (Wildman–Crippen MR) is 108 cm³/mol. The van der Waals surface area contributed by atoms with Gasteiger partial charge in [0, 0.05) is 5.56 Å². The van der Waals surface area contributed by atoms with E-state index in [1.807, 2.05) is 60.7 Å². The minimum Gasteiger partial charge on any atom is -0.454 e. The van der Waals surface area contributed by atoms with Crippen LogP contribution in [-0.4, -0.2) is 31.3 Å². The van der Waals surface area contributed by atoms with Gasteiger partial charge in [-0.1, -0.05) is 53.7 Å². The number of tetrazole rings is 1. The fourth-order valence-electron chi connectivity index (χ4n) is 3.15. The molecular formula is C22H15N5O3. The third-order valence-electron chi connectivity index (χ3n) is 4.62. The minimum atomic E-state index is -0.486. The lowest BCUT2D eigenvalue weighted by Gasteiger charge is -2.06. The van der Waals surface area contributed by atoms with Gasteiger partial charge in [0.05, 0.1) is 16.6 Å². The molecule has 0 saturated heterocycles. The molecule has 0 spiro atoms. The fraction of sp³-hybridized carbons (Fsp3) is 0.0455. The Labute approximate surface area is 170 Å². The van der Waals surface area contributed by atoms with Crippen LogP contribution in [0, 0.1) is 0 Å². The summed E-state index contributed by atoms with van der Waals surface area (Å²) >= 11 is 0. The molecule has 8 heteroatoms. The summed E-state index contributed by atoms with van der Waals surface area (Å²) in [5.41, 5.74) is 2.72. The molecular weight excluding hydrogens is 382 g/mol. The van der Waals surface area contributed by atoms with Gasteiger partial charge in [0.1, 0.15) is 5.52 Å². The quantitative estimate of drug-likeness (QED) is 0.416. The van der Waals surface area contributed by atoms with E-state index in [2.05, 4.69) is 20.7 Å². The average molecular weight is 397 g/mol. The van der Waals surface area contributed by atoms with E-state index < -0.39 is 5.97 Å². The summed E-state index contributed by atoms with van der Waals surface area (Å²) in [6.45, 7) is -0.0616. The van der Waals surface area contributed by atoms with Crippen molar-refractivity contribution in [3.05, 3.63) is 90.3 Å². The molecule has 146 valence electrons. The molecule has 2 aromatic heterocycles. The SMILES string of the molecule is O=C(OCc1nnnn1-c1ccccc1)c1ccc2noc(-c3ccccc3)c2c1. The van der Waals surface area contributed by atoms with Gasteiger partial charge in [0.25, 0.3) is 0 Å². The monoisotopic (exact) mass is 397 g/mol. The summed E-state index contributed by atoms with van der Waals surface area (Å²) in [5, 5.41) is 16.4. The number of hydrogen-bond acceptors (Lipinski definition) is 7. The first-order valence-corrected chi connectivity index (χ1v) is 9.24. The van der Waals surface area contributed by atoms with E-state index in [1.165, 1.54) is 4.68 Å². The topological polar surface area (TPSA) is 95.9 Å². The number of aromatic nitrogens is 5. The predicted octanol–water partition coefficient (Wildman–Crippen LogP) is 3.83. The Morgan fingerprint density at radius 2 is 1.73 bits per heavy atom. The molecule has 30 heavy (non-hydrogen) atoms. The number of esters is 1. The molecule has 0 saturated carbocycles. The number of ether oxygens (including phenoxy) is 1. The number of carbonyl (C=O) groups is 1. The van der Waals surface area contributed by atoms with Crippen LogP contribution in [0.4, 0.5) is 0 Å². The van der Waals surface area contributed by atoms with Crippen molar-refractivity contribution in [2.75, 3.05) is 0 Å². The molecule has 0 aliphatic carbocycles. The first-order valence-electron chi connectivity index (χ1n) is 9.24. The van der Waals surface area contributed by atoms with Gasteiger partial charge >= 0.3 is 5.97 Å². The Bertz CT molecular complexity index is 1310. The molecule has 8 nitrogen and oxygen atoms in total. The molecule has 3 aromatic carbocycles. The maximum absolute atomic E-state index is 12.6. The average Bonchev–Trinajstić information content (AvgIpc) is 3.45. The Hall–Kier alpha value is -4.33. The maximum atomic E-state index is 12.6. The van der Waals surface area contributed by atoms with Gasteiger partial charge in [-0.25, -0.2) is 4.79 Å². The zero-order valence-corrected chi connectivity index (χ0v) is 15.7. The number of hydrogen-bond donors (Lipinski definition) is 0. The molecule has 0 fully saturated rings. The normalized spacial score (nSPS) is 10.9. The third kappa shape index (κ3) is 3.30. The molecule has 0 aliphatic heterocycles. The molecule has 0 radical (unpaired) electrons. The summed E-state index contributed by atoms with van der Waals surface area (Å²) in [6.07, 6.45) is 0. The number of para-hydroxylation sites is 1. The number of fused-ring (bicyclic) bond motifs is 1. The van der Waals surface area contributed by atoms with Gasteiger partial charge in [-0.3, -0.25) is 0 Å². The highest BCUT2D eigenvalue weighted by Crippen LogP contribution is 2.29. The Morgan fingerprint density at radius 1 is 0.967 bits per heavy atom. The van der Waals surface area contributed by atoms with Crippen molar-refractivity contribution in [1.82, 2.24) is 25.4 Å². The van der Waals surface area contributed by atoms with E-state index in [4.69, 9.17) is 9.26 Å². The standard InChI is InChI=1S/C22H15N5O3/c28-22(29-14-20-23-25-26-27(20)17-9-5-2-6-10-17)16-11-12-19-18(13-16)21(30-24-19)15-7-3-1-4-8-15/h1-13H,14H2. The van der Waals surface area contributed by atoms with Crippen LogP contribution in [0.1, 0.15) is 16.2 Å². The van der Waals surface area contributed by atoms with Crippen LogP contribution in [0.25, 0.3) is 27.9 Å². The molecule has 0 atom stereocenters. The summed E-state index contributed by atoms with van der Waals surface area (Å²) in [7, 11) is 0. The van der Waals surface area contributed by atoms with Crippen molar-refractivity contribution in [2.24, 2.45) is 0 Å². The summed E-state index contributed by atoms with van der Waals surface area (Å²) < 4.78 is 12.5. The number of rotatable bonds is 5. The zero-order chi connectivity index (χ0) is 20.3. The maximum Gasteiger partial charge on any atom is 0.338 e. The smallest absolute Gasteiger partial charge is 0.338 e. The first-order chi connectivity index (χ1) is 14.8. The Balaban J connectivity index is 1.38. The Kier molecular flexibility index (Phi) is 4.49. The second-order valence-electron chi connectivity index (χ2n) is 6.53. The Morgan fingerprint density at radius 3 is 2.53 bits per heavy atom. The third-order valence-corrected chi connectivity index (χ3v) is 4.62. The van der Waals surface area contributed by atoms with Gasteiger partial charge in [0.15, 0.2) is 18.2 Å². The van der Waals surface area contributed by atoms with Gasteiger partial charge in [-0.15, -0.1) is 5.10 Å². The molecule has 0 amide bonds. The van der Waals surface area contributed by atoms with Crippen molar-refractivity contribution in [2.45, 2.75) is 6.61 Å².